The molecule has 0 aliphatic rings. The second-order valence-electron chi connectivity index (χ2n) is 5.02. The SMILES string of the molecule is CCOC(=O)CN(C(=O)c1cc(CC)nn1CC)C(C)C. The van der Waals surface area contributed by atoms with Crippen LogP contribution in [0.1, 0.15) is 50.8 Å². The van der Waals surface area contributed by atoms with Crippen LogP contribution in [0.4, 0.5) is 0 Å². The van der Waals surface area contributed by atoms with Gasteiger partial charge in [0.25, 0.3) is 5.91 Å². The molecule has 0 aliphatic heterocycles. The van der Waals surface area contributed by atoms with Crippen LogP contribution in [0.2, 0.25) is 0 Å². The zero-order valence-corrected chi connectivity index (χ0v) is 13.5. The van der Waals surface area contributed by atoms with Gasteiger partial charge in [0, 0.05) is 12.6 Å². The molecule has 1 aromatic heterocycles. The van der Waals surface area contributed by atoms with Crippen molar-refractivity contribution in [1.29, 1.82) is 0 Å². The molecule has 21 heavy (non-hydrogen) atoms. The monoisotopic (exact) mass is 295 g/mol. The topological polar surface area (TPSA) is 64.4 Å². The molecule has 0 aromatic carbocycles. The Labute approximate surface area is 126 Å². The largest absolute Gasteiger partial charge is 0.465 e. The minimum absolute atomic E-state index is 0.0410. The number of amides is 1. The van der Waals surface area contributed by atoms with Gasteiger partial charge in [-0.05, 0) is 40.2 Å². The molecule has 1 heterocycles. The van der Waals surface area contributed by atoms with E-state index in [1.165, 1.54) is 4.90 Å². The van der Waals surface area contributed by atoms with Crippen molar-refractivity contribution >= 4 is 11.9 Å². The summed E-state index contributed by atoms with van der Waals surface area (Å²) in [7, 11) is 0. The Morgan fingerprint density at radius 2 is 2.00 bits per heavy atom. The summed E-state index contributed by atoms with van der Waals surface area (Å²) in [5.74, 6) is -0.579. The number of ether oxygens (including phenoxy) is 1. The van der Waals surface area contributed by atoms with Crippen LogP contribution in [-0.2, 0) is 22.5 Å². The zero-order valence-electron chi connectivity index (χ0n) is 13.5. The van der Waals surface area contributed by atoms with Crippen LogP contribution >= 0.6 is 0 Å². The first-order chi connectivity index (χ1) is 9.94. The first-order valence-corrected chi connectivity index (χ1v) is 7.47. The molecule has 0 radical (unpaired) electrons. The Kier molecular flexibility index (Phi) is 6.39. The van der Waals surface area contributed by atoms with E-state index in [0.717, 1.165) is 12.1 Å². The molecule has 0 bridgehead atoms. The molecular formula is C15H25N3O3. The van der Waals surface area contributed by atoms with Gasteiger partial charge in [-0.2, -0.15) is 5.10 Å². The first-order valence-electron chi connectivity index (χ1n) is 7.47. The fraction of sp³-hybridized carbons (Fsp3) is 0.667. The van der Waals surface area contributed by atoms with Gasteiger partial charge in [0.1, 0.15) is 12.2 Å². The Morgan fingerprint density at radius 3 is 2.48 bits per heavy atom. The average Bonchev–Trinajstić information content (AvgIpc) is 2.87. The smallest absolute Gasteiger partial charge is 0.325 e. The van der Waals surface area contributed by atoms with Gasteiger partial charge in [-0.1, -0.05) is 6.92 Å². The molecule has 0 unspecified atom stereocenters. The fourth-order valence-corrected chi connectivity index (χ4v) is 2.04. The number of hydrogen-bond donors (Lipinski definition) is 0. The highest BCUT2D eigenvalue weighted by Crippen LogP contribution is 2.12. The predicted molar refractivity (Wildman–Crippen MR) is 80.1 cm³/mol. The summed E-state index contributed by atoms with van der Waals surface area (Å²) < 4.78 is 6.62. The first kappa shape index (κ1) is 17.2. The molecule has 0 saturated heterocycles. The van der Waals surface area contributed by atoms with Gasteiger partial charge in [-0.3, -0.25) is 14.3 Å². The van der Waals surface area contributed by atoms with Crippen molar-refractivity contribution in [1.82, 2.24) is 14.7 Å². The van der Waals surface area contributed by atoms with Gasteiger partial charge in [-0.25, -0.2) is 0 Å². The maximum Gasteiger partial charge on any atom is 0.325 e. The Bertz CT molecular complexity index is 494. The van der Waals surface area contributed by atoms with Gasteiger partial charge < -0.3 is 9.64 Å². The van der Waals surface area contributed by atoms with Crippen LogP contribution in [0.25, 0.3) is 0 Å². The van der Waals surface area contributed by atoms with Crippen LogP contribution in [0, 0.1) is 0 Å². The fourth-order valence-electron chi connectivity index (χ4n) is 2.04. The van der Waals surface area contributed by atoms with Crippen molar-refractivity contribution in [2.24, 2.45) is 0 Å². The van der Waals surface area contributed by atoms with Gasteiger partial charge in [0.15, 0.2) is 0 Å². The van der Waals surface area contributed by atoms with E-state index in [-0.39, 0.29) is 18.5 Å². The molecule has 1 amide bonds. The predicted octanol–water partition coefficient (Wildman–Crippen LogP) is 1.88. The molecule has 0 N–H and O–H groups in total. The van der Waals surface area contributed by atoms with Crippen molar-refractivity contribution in [3.8, 4) is 0 Å². The standard InChI is InChI=1S/C15H25N3O3/c1-6-12-9-13(18(7-2)16-12)15(20)17(11(4)5)10-14(19)21-8-3/h9,11H,6-8,10H2,1-5H3. The summed E-state index contributed by atoms with van der Waals surface area (Å²) in [5.41, 5.74) is 1.40. The number of rotatable bonds is 7. The van der Waals surface area contributed by atoms with Crippen LogP contribution in [0.3, 0.4) is 0 Å². The average molecular weight is 295 g/mol. The van der Waals surface area contributed by atoms with Gasteiger partial charge in [0.2, 0.25) is 0 Å². The summed E-state index contributed by atoms with van der Waals surface area (Å²) in [6.07, 6.45) is 0.771. The number of nitrogens with zero attached hydrogens (tertiary/aromatic N) is 3. The third-order valence-corrected chi connectivity index (χ3v) is 3.20. The lowest BCUT2D eigenvalue weighted by molar-refractivity contribution is -0.144. The van der Waals surface area contributed by atoms with Crippen LogP contribution < -0.4 is 0 Å². The van der Waals surface area contributed by atoms with Crippen molar-refractivity contribution in [2.75, 3.05) is 13.2 Å². The molecule has 0 saturated carbocycles. The van der Waals surface area contributed by atoms with E-state index in [4.69, 9.17) is 4.74 Å². The number of hydrogen-bond acceptors (Lipinski definition) is 4. The molecule has 0 atom stereocenters. The molecule has 118 valence electrons. The van der Waals surface area contributed by atoms with E-state index in [9.17, 15) is 9.59 Å². The highest BCUT2D eigenvalue weighted by atomic mass is 16.5. The summed E-state index contributed by atoms with van der Waals surface area (Å²) in [6, 6.07) is 1.71. The maximum absolute atomic E-state index is 12.7. The third kappa shape index (κ3) is 4.31. The molecule has 6 nitrogen and oxygen atoms in total. The zero-order chi connectivity index (χ0) is 16.0. The van der Waals surface area contributed by atoms with Crippen molar-refractivity contribution in [3.63, 3.8) is 0 Å². The Morgan fingerprint density at radius 1 is 1.33 bits per heavy atom. The van der Waals surface area contributed by atoms with Gasteiger partial charge in [-0.15, -0.1) is 0 Å². The molecule has 1 rings (SSSR count). The maximum atomic E-state index is 12.7. The van der Waals surface area contributed by atoms with Crippen molar-refractivity contribution < 1.29 is 14.3 Å². The Hall–Kier alpha value is -1.85. The number of aromatic nitrogens is 2. The minimum Gasteiger partial charge on any atom is -0.465 e. The number of aryl methyl sites for hydroxylation is 2. The van der Waals surface area contributed by atoms with E-state index < -0.39 is 5.97 Å². The lowest BCUT2D eigenvalue weighted by Gasteiger charge is -2.25. The second kappa shape index (κ2) is 7.81. The second-order valence-corrected chi connectivity index (χ2v) is 5.02. The molecule has 1 aromatic rings. The normalized spacial score (nSPS) is 10.8. The van der Waals surface area contributed by atoms with E-state index in [0.29, 0.717) is 18.8 Å². The summed E-state index contributed by atoms with van der Waals surface area (Å²) in [5, 5.41) is 4.38. The number of carbonyl (C=O) groups excluding carboxylic acids is 2. The third-order valence-electron chi connectivity index (χ3n) is 3.20. The van der Waals surface area contributed by atoms with Crippen molar-refractivity contribution in [3.05, 3.63) is 17.5 Å². The Balaban J connectivity index is 3.00. The minimum atomic E-state index is -0.391. The highest BCUT2D eigenvalue weighted by Gasteiger charge is 2.25. The van der Waals surface area contributed by atoms with Gasteiger partial charge in [0.05, 0.1) is 12.3 Å². The molecule has 0 fully saturated rings. The van der Waals surface area contributed by atoms with Crippen LogP contribution in [-0.4, -0.2) is 45.8 Å². The highest BCUT2D eigenvalue weighted by molar-refractivity contribution is 5.94. The molecule has 0 spiro atoms. The lowest BCUT2D eigenvalue weighted by Crippen LogP contribution is -2.42. The quantitative estimate of drug-likeness (QED) is 0.720. The van der Waals surface area contributed by atoms with E-state index in [1.54, 1.807) is 17.7 Å². The van der Waals surface area contributed by atoms with E-state index in [1.807, 2.05) is 27.7 Å². The summed E-state index contributed by atoms with van der Waals surface area (Å²) >= 11 is 0. The number of carbonyl (C=O) groups is 2. The summed E-state index contributed by atoms with van der Waals surface area (Å²) in [6.45, 7) is 10.3. The van der Waals surface area contributed by atoms with Crippen molar-refractivity contribution in [2.45, 2.75) is 53.6 Å². The number of esters is 1. The van der Waals surface area contributed by atoms with Crippen LogP contribution in [0.5, 0.6) is 0 Å². The van der Waals surface area contributed by atoms with Crippen LogP contribution in [0.15, 0.2) is 6.07 Å². The van der Waals surface area contributed by atoms with Gasteiger partial charge >= 0.3 is 5.97 Å². The van der Waals surface area contributed by atoms with E-state index in [2.05, 4.69) is 5.10 Å². The molecule has 0 aliphatic carbocycles. The summed E-state index contributed by atoms with van der Waals surface area (Å²) in [4.78, 5) is 25.9. The van der Waals surface area contributed by atoms with E-state index >= 15 is 0 Å². The molecular weight excluding hydrogens is 270 g/mol. The lowest BCUT2D eigenvalue weighted by atomic mass is 10.2. The molecule has 6 heteroatoms.